The van der Waals surface area contributed by atoms with E-state index in [4.69, 9.17) is 0 Å². The maximum Gasteiger partial charge on any atom is 0.0534 e. The van der Waals surface area contributed by atoms with Crippen molar-refractivity contribution in [2.24, 2.45) is 5.92 Å². The molecule has 0 radical (unpaired) electrons. The van der Waals surface area contributed by atoms with Gasteiger partial charge in [0.25, 0.3) is 0 Å². The molecule has 1 aromatic rings. The Balaban J connectivity index is 2.04. The first-order valence-corrected chi connectivity index (χ1v) is 7.62. The second-order valence-corrected chi connectivity index (χ2v) is 5.90. The minimum absolute atomic E-state index is 0.585. The first-order valence-electron chi connectivity index (χ1n) is 7.62. The summed E-state index contributed by atoms with van der Waals surface area (Å²) in [6.07, 6.45) is 5.44. The van der Waals surface area contributed by atoms with Gasteiger partial charge in [0.1, 0.15) is 0 Å². The molecule has 0 amide bonds. The number of hydrogen-bond acceptors (Lipinski definition) is 3. The van der Waals surface area contributed by atoms with E-state index in [2.05, 4.69) is 49.2 Å². The van der Waals surface area contributed by atoms with E-state index in [9.17, 15) is 0 Å². The minimum Gasteiger partial charge on any atom is -0.311 e. The first kappa shape index (κ1) is 14.5. The predicted octanol–water partition coefficient (Wildman–Crippen LogP) is 2.11. The molecule has 0 spiro atoms. The van der Waals surface area contributed by atoms with E-state index in [1.807, 2.05) is 10.9 Å². The Morgan fingerprint density at radius 1 is 1.47 bits per heavy atom. The number of aromatic nitrogens is 2. The molecule has 0 aliphatic carbocycles. The van der Waals surface area contributed by atoms with Crippen molar-refractivity contribution in [1.82, 2.24) is 20.0 Å². The number of piperazine rings is 1. The summed E-state index contributed by atoms with van der Waals surface area (Å²) in [5.74, 6) is 0.737. The lowest BCUT2D eigenvalue weighted by atomic mass is 9.94. The van der Waals surface area contributed by atoms with Gasteiger partial charge in [-0.2, -0.15) is 5.10 Å². The number of hydrogen-bond donors (Lipinski definition) is 1. The maximum atomic E-state index is 4.38. The highest BCUT2D eigenvalue weighted by atomic mass is 15.3. The van der Waals surface area contributed by atoms with Crippen molar-refractivity contribution >= 4 is 0 Å². The van der Waals surface area contributed by atoms with Crippen molar-refractivity contribution in [3.63, 3.8) is 0 Å². The molecule has 2 rings (SSSR count). The quantitative estimate of drug-likeness (QED) is 0.884. The van der Waals surface area contributed by atoms with E-state index in [1.54, 1.807) is 0 Å². The average Bonchev–Trinajstić information content (AvgIpc) is 2.86. The fourth-order valence-corrected chi connectivity index (χ4v) is 2.91. The summed E-state index contributed by atoms with van der Waals surface area (Å²) in [7, 11) is 0. The molecule has 2 heterocycles. The van der Waals surface area contributed by atoms with Gasteiger partial charge in [-0.3, -0.25) is 9.58 Å². The van der Waals surface area contributed by atoms with Gasteiger partial charge in [-0.1, -0.05) is 20.3 Å². The Morgan fingerprint density at radius 3 is 2.89 bits per heavy atom. The van der Waals surface area contributed by atoms with Crippen LogP contribution in [-0.2, 0) is 13.1 Å². The Hall–Kier alpha value is -0.870. The molecule has 108 valence electrons. The molecule has 3 atom stereocenters. The van der Waals surface area contributed by atoms with Crippen LogP contribution in [0.2, 0.25) is 0 Å². The van der Waals surface area contributed by atoms with Gasteiger partial charge in [0.15, 0.2) is 0 Å². The molecule has 4 nitrogen and oxygen atoms in total. The molecule has 0 bridgehead atoms. The lowest BCUT2D eigenvalue weighted by molar-refractivity contribution is 0.0885. The molecule has 4 heteroatoms. The van der Waals surface area contributed by atoms with Gasteiger partial charge in [-0.05, 0) is 19.8 Å². The van der Waals surface area contributed by atoms with Crippen LogP contribution >= 0.6 is 0 Å². The molecule has 1 N–H and O–H groups in total. The van der Waals surface area contributed by atoms with Gasteiger partial charge >= 0.3 is 0 Å². The summed E-state index contributed by atoms with van der Waals surface area (Å²) in [6.45, 7) is 13.3. The fraction of sp³-hybridized carbons (Fsp3) is 0.800. The zero-order chi connectivity index (χ0) is 13.8. The highest BCUT2D eigenvalue weighted by molar-refractivity contribution is 5.05. The van der Waals surface area contributed by atoms with E-state index >= 15 is 0 Å². The Kier molecular flexibility index (Phi) is 4.99. The van der Waals surface area contributed by atoms with E-state index in [0.717, 1.165) is 32.1 Å². The normalized spacial score (nSPS) is 26.5. The zero-order valence-electron chi connectivity index (χ0n) is 12.8. The molecule has 1 aliphatic heterocycles. The molecule has 0 saturated carbocycles. The van der Waals surface area contributed by atoms with Crippen LogP contribution in [0.5, 0.6) is 0 Å². The van der Waals surface area contributed by atoms with Crippen molar-refractivity contribution in [1.29, 1.82) is 0 Å². The lowest BCUT2D eigenvalue weighted by Crippen LogP contribution is -2.57. The van der Waals surface area contributed by atoms with Crippen LogP contribution in [0.1, 0.15) is 39.7 Å². The topological polar surface area (TPSA) is 33.1 Å². The zero-order valence-corrected chi connectivity index (χ0v) is 12.8. The minimum atomic E-state index is 0.585. The van der Waals surface area contributed by atoms with Crippen LogP contribution in [0.4, 0.5) is 0 Å². The largest absolute Gasteiger partial charge is 0.311 e. The van der Waals surface area contributed by atoms with Crippen molar-refractivity contribution in [2.45, 2.75) is 59.3 Å². The van der Waals surface area contributed by atoms with Gasteiger partial charge in [0.05, 0.1) is 6.20 Å². The lowest BCUT2D eigenvalue weighted by Gasteiger charge is -2.42. The van der Waals surface area contributed by atoms with Crippen molar-refractivity contribution in [3.8, 4) is 0 Å². The molecule has 3 unspecified atom stereocenters. The third kappa shape index (κ3) is 3.57. The van der Waals surface area contributed by atoms with Crippen LogP contribution in [0.3, 0.4) is 0 Å². The molecule has 1 saturated heterocycles. The van der Waals surface area contributed by atoms with E-state index in [1.165, 1.54) is 12.0 Å². The van der Waals surface area contributed by atoms with E-state index < -0.39 is 0 Å². The summed E-state index contributed by atoms with van der Waals surface area (Å²) in [5, 5.41) is 8.00. The van der Waals surface area contributed by atoms with Gasteiger partial charge in [-0.25, -0.2) is 0 Å². The fourth-order valence-electron chi connectivity index (χ4n) is 2.91. The van der Waals surface area contributed by atoms with E-state index in [0.29, 0.717) is 12.1 Å². The standard InChI is InChI=1S/C15H28N4/c1-5-12(3)15-8-16-13(4)9-18(15)10-14-7-17-19(6-2)11-14/h7,11-13,15-16H,5-6,8-10H2,1-4H3. The SMILES string of the molecule is CCC(C)C1CNC(C)CN1Cc1cnn(CC)c1. The molecular weight excluding hydrogens is 236 g/mol. The van der Waals surface area contributed by atoms with Crippen LogP contribution in [0.15, 0.2) is 12.4 Å². The predicted molar refractivity (Wildman–Crippen MR) is 79.0 cm³/mol. The Bertz CT molecular complexity index is 387. The molecule has 1 aromatic heterocycles. The van der Waals surface area contributed by atoms with Crippen LogP contribution < -0.4 is 5.32 Å². The molecular formula is C15H28N4. The van der Waals surface area contributed by atoms with Gasteiger partial charge in [0, 0.05) is 50.0 Å². The molecule has 19 heavy (non-hydrogen) atoms. The highest BCUT2D eigenvalue weighted by Crippen LogP contribution is 2.20. The summed E-state index contributed by atoms with van der Waals surface area (Å²) >= 11 is 0. The van der Waals surface area contributed by atoms with Gasteiger partial charge < -0.3 is 5.32 Å². The van der Waals surface area contributed by atoms with Crippen molar-refractivity contribution in [2.75, 3.05) is 13.1 Å². The third-order valence-electron chi connectivity index (χ3n) is 4.35. The number of nitrogens with one attached hydrogen (secondary N) is 1. The molecule has 1 fully saturated rings. The molecule has 1 aliphatic rings. The summed E-state index contributed by atoms with van der Waals surface area (Å²) < 4.78 is 2.01. The summed E-state index contributed by atoms with van der Waals surface area (Å²) in [6, 6.07) is 1.23. The maximum absolute atomic E-state index is 4.38. The number of nitrogens with zero attached hydrogens (tertiary/aromatic N) is 3. The second-order valence-electron chi connectivity index (χ2n) is 5.90. The third-order valence-corrected chi connectivity index (χ3v) is 4.35. The van der Waals surface area contributed by atoms with E-state index in [-0.39, 0.29) is 0 Å². The summed E-state index contributed by atoms with van der Waals surface area (Å²) in [4.78, 5) is 2.63. The van der Waals surface area contributed by atoms with Crippen molar-refractivity contribution in [3.05, 3.63) is 18.0 Å². The van der Waals surface area contributed by atoms with Gasteiger partial charge in [-0.15, -0.1) is 0 Å². The van der Waals surface area contributed by atoms with Crippen LogP contribution in [-0.4, -0.2) is 39.9 Å². The smallest absolute Gasteiger partial charge is 0.0534 e. The van der Waals surface area contributed by atoms with Crippen LogP contribution in [0, 0.1) is 5.92 Å². The number of aryl methyl sites for hydroxylation is 1. The first-order chi connectivity index (χ1) is 9.13. The molecule has 0 aromatic carbocycles. The Morgan fingerprint density at radius 2 is 2.26 bits per heavy atom. The van der Waals surface area contributed by atoms with Gasteiger partial charge in [0.2, 0.25) is 0 Å². The van der Waals surface area contributed by atoms with Crippen molar-refractivity contribution < 1.29 is 0 Å². The second kappa shape index (κ2) is 6.53. The number of rotatable bonds is 5. The monoisotopic (exact) mass is 264 g/mol. The summed E-state index contributed by atoms with van der Waals surface area (Å²) in [5.41, 5.74) is 1.34. The Labute approximate surface area is 117 Å². The average molecular weight is 264 g/mol. The van der Waals surface area contributed by atoms with Crippen LogP contribution in [0.25, 0.3) is 0 Å². The highest BCUT2D eigenvalue weighted by Gasteiger charge is 2.29.